The number of rotatable bonds is 9. The van der Waals surface area contributed by atoms with Crippen LogP contribution in [0.25, 0.3) is 33.4 Å². The van der Waals surface area contributed by atoms with Crippen molar-refractivity contribution in [1.82, 2.24) is 30.7 Å². The van der Waals surface area contributed by atoms with Crippen LogP contribution in [0.1, 0.15) is 30.4 Å². The summed E-state index contributed by atoms with van der Waals surface area (Å²) in [4.78, 5) is 37.6. The minimum atomic E-state index is -0.416. The van der Waals surface area contributed by atoms with Crippen LogP contribution in [-0.2, 0) is 11.3 Å². The summed E-state index contributed by atoms with van der Waals surface area (Å²) in [6, 6.07) is 23.1. The molecule has 53 heavy (non-hydrogen) atoms. The second-order valence-corrected chi connectivity index (χ2v) is 14.9. The number of piperidine rings is 1. The van der Waals surface area contributed by atoms with E-state index in [9.17, 15) is 9.59 Å². The van der Waals surface area contributed by atoms with Crippen LogP contribution in [0.2, 0.25) is 5.02 Å². The van der Waals surface area contributed by atoms with Crippen molar-refractivity contribution in [2.75, 3.05) is 74.1 Å². The molecule has 0 radical (unpaired) electrons. The van der Waals surface area contributed by atoms with Crippen LogP contribution in [0, 0.1) is 12.8 Å². The quantitative estimate of drug-likeness (QED) is 0.159. The molecule has 5 aromatic rings. The van der Waals surface area contributed by atoms with Crippen molar-refractivity contribution in [3.8, 4) is 22.4 Å². The SMILES string of the molecule is CNCc1ccc(-c2[nH]nc3ncc(-c4ccc(N5CCN(CC6CCN(c7ccc(N8CCC(=O)NC8=O)c(Cl)c7)CC6)CC5)cc4)cc23)cc1C. The molecule has 274 valence electrons. The number of aryl methyl sites for hydroxylation is 1. The normalized spacial score (nSPS) is 17.5. The lowest BCUT2D eigenvalue weighted by Crippen LogP contribution is -2.49. The number of halogens is 1. The molecule has 11 nitrogen and oxygen atoms in total. The second kappa shape index (κ2) is 15.2. The zero-order chi connectivity index (χ0) is 36.5. The summed E-state index contributed by atoms with van der Waals surface area (Å²) in [5.41, 5.74) is 10.6. The molecule has 12 heteroatoms. The van der Waals surface area contributed by atoms with Gasteiger partial charge in [0.1, 0.15) is 0 Å². The third-order valence-corrected chi connectivity index (χ3v) is 11.4. The summed E-state index contributed by atoms with van der Waals surface area (Å²) < 4.78 is 0. The molecule has 0 aliphatic carbocycles. The lowest BCUT2D eigenvalue weighted by molar-refractivity contribution is -0.120. The van der Waals surface area contributed by atoms with Gasteiger partial charge >= 0.3 is 6.03 Å². The average molecular weight is 732 g/mol. The number of anilines is 3. The minimum Gasteiger partial charge on any atom is -0.371 e. The molecule has 3 N–H and O–H groups in total. The fourth-order valence-corrected chi connectivity index (χ4v) is 8.29. The Morgan fingerprint density at radius 3 is 2.28 bits per heavy atom. The molecule has 0 bridgehead atoms. The van der Waals surface area contributed by atoms with E-state index in [0.717, 1.165) is 104 Å². The zero-order valence-corrected chi connectivity index (χ0v) is 31.1. The van der Waals surface area contributed by atoms with Crippen LogP contribution >= 0.6 is 11.6 Å². The number of benzene rings is 3. The second-order valence-electron chi connectivity index (χ2n) is 14.5. The Bertz CT molecular complexity index is 2120. The topological polar surface area (TPSA) is 113 Å². The number of amides is 3. The smallest absolute Gasteiger partial charge is 0.328 e. The van der Waals surface area contributed by atoms with Crippen molar-refractivity contribution >= 4 is 51.6 Å². The molecule has 0 atom stereocenters. The Hall–Kier alpha value is -4.97. The van der Waals surface area contributed by atoms with Crippen molar-refractivity contribution < 1.29 is 9.59 Å². The molecule has 5 heterocycles. The molecular formula is C41H46ClN9O2. The molecule has 2 aromatic heterocycles. The third-order valence-electron chi connectivity index (χ3n) is 11.1. The average Bonchev–Trinajstić information content (AvgIpc) is 3.60. The summed E-state index contributed by atoms with van der Waals surface area (Å²) in [6.07, 6.45) is 4.47. The number of pyridine rings is 1. The molecule has 0 unspecified atom stereocenters. The van der Waals surface area contributed by atoms with Crippen molar-refractivity contribution in [3.05, 3.63) is 89.1 Å². The number of aromatic nitrogens is 3. The number of imide groups is 1. The van der Waals surface area contributed by atoms with Gasteiger partial charge in [-0.15, -0.1) is 0 Å². The van der Waals surface area contributed by atoms with Crippen LogP contribution in [0.15, 0.2) is 72.9 Å². The number of carbonyl (C=O) groups is 2. The maximum Gasteiger partial charge on any atom is 0.328 e. The Morgan fingerprint density at radius 2 is 1.57 bits per heavy atom. The molecule has 3 aromatic carbocycles. The maximum atomic E-state index is 12.3. The van der Waals surface area contributed by atoms with E-state index in [1.807, 2.05) is 31.4 Å². The first-order valence-corrected chi connectivity index (χ1v) is 19.0. The van der Waals surface area contributed by atoms with E-state index in [0.29, 0.717) is 23.2 Å². The number of aromatic amines is 1. The highest BCUT2D eigenvalue weighted by molar-refractivity contribution is 6.34. The van der Waals surface area contributed by atoms with Gasteiger partial charge in [-0.3, -0.25) is 25.0 Å². The van der Waals surface area contributed by atoms with Crippen LogP contribution in [-0.4, -0.2) is 91.4 Å². The molecule has 0 spiro atoms. The first-order chi connectivity index (χ1) is 25.8. The Morgan fingerprint density at radius 1 is 0.830 bits per heavy atom. The van der Waals surface area contributed by atoms with E-state index < -0.39 is 6.03 Å². The van der Waals surface area contributed by atoms with E-state index in [2.05, 4.69) is 96.0 Å². The van der Waals surface area contributed by atoms with Gasteiger partial charge in [0, 0.05) is 99.4 Å². The fourth-order valence-electron chi connectivity index (χ4n) is 8.02. The predicted octanol–water partition coefficient (Wildman–Crippen LogP) is 6.46. The highest BCUT2D eigenvalue weighted by Crippen LogP contribution is 2.34. The van der Waals surface area contributed by atoms with E-state index >= 15 is 0 Å². The summed E-state index contributed by atoms with van der Waals surface area (Å²) in [7, 11) is 1.97. The molecule has 3 aliphatic heterocycles. The fraction of sp³-hybridized carbons (Fsp3) is 0.366. The van der Waals surface area contributed by atoms with Gasteiger partial charge in [-0.1, -0.05) is 35.9 Å². The van der Waals surface area contributed by atoms with Crippen molar-refractivity contribution in [1.29, 1.82) is 0 Å². The number of H-pyrrole nitrogens is 1. The van der Waals surface area contributed by atoms with Gasteiger partial charge < -0.3 is 15.1 Å². The minimum absolute atomic E-state index is 0.250. The number of nitrogens with one attached hydrogen (secondary N) is 3. The van der Waals surface area contributed by atoms with Gasteiger partial charge in [-0.2, -0.15) is 5.10 Å². The molecule has 3 amide bonds. The lowest BCUT2D eigenvalue weighted by atomic mass is 9.95. The number of urea groups is 1. The van der Waals surface area contributed by atoms with Gasteiger partial charge in [0.05, 0.1) is 16.4 Å². The van der Waals surface area contributed by atoms with Crippen LogP contribution < -0.4 is 25.3 Å². The zero-order valence-electron chi connectivity index (χ0n) is 30.4. The first kappa shape index (κ1) is 35.1. The van der Waals surface area contributed by atoms with Gasteiger partial charge in [-0.05, 0) is 91.9 Å². The summed E-state index contributed by atoms with van der Waals surface area (Å²) in [5.74, 6) is 0.422. The number of carbonyl (C=O) groups excluding carboxylic acids is 2. The van der Waals surface area contributed by atoms with Gasteiger partial charge in [0.25, 0.3) is 0 Å². The largest absolute Gasteiger partial charge is 0.371 e. The molecule has 0 saturated carbocycles. The Balaban J connectivity index is 0.832. The molecule has 3 aliphatic rings. The molecule has 3 saturated heterocycles. The van der Waals surface area contributed by atoms with Gasteiger partial charge in [-0.25, -0.2) is 9.78 Å². The monoisotopic (exact) mass is 731 g/mol. The van der Waals surface area contributed by atoms with Crippen LogP contribution in [0.5, 0.6) is 0 Å². The highest BCUT2D eigenvalue weighted by atomic mass is 35.5. The molecular weight excluding hydrogens is 686 g/mol. The third kappa shape index (κ3) is 7.46. The molecule has 3 fully saturated rings. The van der Waals surface area contributed by atoms with Gasteiger partial charge in [0.15, 0.2) is 5.65 Å². The number of fused-ring (bicyclic) bond motifs is 1. The van der Waals surface area contributed by atoms with E-state index in [1.165, 1.54) is 21.7 Å². The standard InChI is InChI=1S/C41H46ClN9O2/c1-27-21-30(3-4-31(27)24-43-2)39-35-22-32(25-44-40(35)47-46-39)29-5-7-33(8-6-29)50-19-17-48(18-20-50)26-28-11-14-49(15-12-28)34-9-10-37(36(42)23-34)51-16-13-38(52)45-41(51)53/h3-10,21-23,25,28,43H,11-20,24,26H2,1-2H3,(H,44,46,47)(H,45,52,53). The van der Waals surface area contributed by atoms with Crippen molar-refractivity contribution in [3.63, 3.8) is 0 Å². The first-order valence-electron chi connectivity index (χ1n) is 18.6. The van der Waals surface area contributed by atoms with Crippen LogP contribution in [0.3, 0.4) is 0 Å². The number of hydrogen-bond donors (Lipinski definition) is 3. The lowest BCUT2D eigenvalue weighted by Gasteiger charge is -2.40. The van der Waals surface area contributed by atoms with E-state index in [-0.39, 0.29) is 12.3 Å². The van der Waals surface area contributed by atoms with E-state index in [1.54, 1.807) is 0 Å². The maximum absolute atomic E-state index is 12.3. The summed E-state index contributed by atoms with van der Waals surface area (Å²) in [5, 5.41) is 14.9. The summed E-state index contributed by atoms with van der Waals surface area (Å²) >= 11 is 6.64. The summed E-state index contributed by atoms with van der Waals surface area (Å²) in [6.45, 7) is 10.6. The number of hydrogen-bond acceptors (Lipinski definition) is 8. The molecule has 8 rings (SSSR count). The predicted molar refractivity (Wildman–Crippen MR) is 213 cm³/mol. The Kier molecular flexibility index (Phi) is 10.0. The van der Waals surface area contributed by atoms with Gasteiger partial charge in [0.2, 0.25) is 5.91 Å². The Labute approximate surface area is 315 Å². The highest BCUT2D eigenvalue weighted by Gasteiger charge is 2.28. The van der Waals surface area contributed by atoms with Crippen molar-refractivity contribution in [2.24, 2.45) is 5.92 Å². The van der Waals surface area contributed by atoms with Crippen LogP contribution in [0.4, 0.5) is 21.9 Å². The van der Waals surface area contributed by atoms with Crippen molar-refractivity contribution in [2.45, 2.75) is 32.7 Å². The van der Waals surface area contributed by atoms with E-state index in [4.69, 9.17) is 11.6 Å². The number of piperazine rings is 1. The number of nitrogens with zero attached hydrogens (tertiary/aromatic N) is 6.